The molecule has 3 aromatic carbocycles. The Bertz CT molecular complexity index is 809. The Morgan fingerprint density at radius 2 is 0.625 bits per heavy atom. The van der Waals surface area contributed by atoms with Gasteiger partial charge in [0.1, 0.15) is 0 Å². The molecule has 0 amide bonds. The first-order valence-corrected chi connectivity index (χ1v) is 7.95. The first-order chi connectivity index (χ1) is 11.9. The fourth-order valence-electron chi connectivity index (χ4n) is 2.69. The number of hydrogen-bond donors (Lipinski definition) is 0. The van der Waals surface area contributed by atoms with Crippen LogP contribution in [0.1, 0.15) is 0 Å². The van der Waals surface area contributed by atoms with Crippen LogP contribution in [0.2, 0.25) is 0 Å². The maximum absolute atomic E-state index is 2.12. The van der Waals surface area contributed by atoms with Gasteiger partial charge in [-0.1, -0.05) is 0 Å². The van der Waals surface area contributed by atoms with E-state index in [-0.39, 0.29) is 0 Å². The summed E-state index contributed by atoms with van der Waals surface area (Å²) in [5.74, 6) is 0. The van der Waals surface area contributed by atoms with Gasteiger partial charge in [0.25, 0.3) is 0 Å². The van der Waals surface area contributed by atoms with E-state index in [0.29, 0.717) is 0 Å². The summed E-state index contributed by atoms with van der Waals surface area (Å²) in [7, 11) is 6.26. The molecule has 0 unspecified atom stereocenters. The predicted molar refractivity (Wildman–Crippen MR) is 95.1 cm³/mol. The summed E-state index contributed by atoms with van der Waals surface area (Å²) in [4.78, 5) is 0. The third-order valence-corrected chi connectivity index (χ3v) is 3.91. The fourth-order valence-corrected chi connectivity index (χ4v) is 2.69. The van der Waals surface area contributed by atoms with Crippen LogP contribution in [0.5, 0.6) is 0 Å². The minimum atomic E-state index is 1.12. The normalized spacial score (nSPS) is 10.0. The van der Waals surface area contributed by atoms with Crippen LogP contribution in [0.3, 0.4) is 0 Å². The van der Waals surface area contributed by atoms with Gasteiger partial charge in [-0.2, -0.15) is 0 Å². The van der Waals surface area contributed by atoms with E-state index in [1.807, 2.05) is 18.2 Å². The summed E-state index contributed by atoms with van der Waals surface area (Å²) in [5, 5.41) is 0. The Balaban J connectivity index is 1.92. The Kier molecular flexibility index (Phi) is 4.19. The van der Waals surface area contributed by atoms with Crippen LogP contribution in [0, 0.1) is 0 Å². The van der Waals surface area contributed by atoms with Gasteiger partial charge in [0.15, 0.2) is 0 Å². The second kappa shape index (κ2) is 6.79. The van der Waals surface area contributed by atoms with Crippen LogP contribution >= 0.6 is 0 Å². The zero-order valence-corrected chi connectivity index (χ0v) is 13.2. The van der Waals surface area contributed by atoms with E-state index in [1.54, 1.807) is 0 Å². The van der Waals surface area contributed by atoms with Gasteiger partial charge in [-0.3, -0.25) is 0 Å². The summed E-state index contributed by atoms with van der Waals surface area (Å²) >= 11 is 0. The van der Waals surface area contributed by atoms with Gasteiger partial charge in [0.2, 0.25) is 0 Å². The standard InChI is InChI=1S/C18H15B3N3/c1-4-10-16(11-5-1)22-19-23(17-12-6-2-7-13-17)21-24(20-22)18-14-8-3-9-15-18/h1-15H/q+3. The van der Waals surface area contributed by atoms with Crippen molar-refractivity contribution in [3.63, 3.8) is 0 Å². The van der Waals surface area contributed by atoms with E-state index in [2.05, 4.69) is 108 Å². The van der Waals surface area contributed by atoms with Gasteiger partial charge in [-0.15, -0.1) is 0 Å². The Morgan fingerprint density at radius 1 is 0.375 bits per heavy atom. The molecule has 1 aromatic heterocycles. The van der Waals surface area contributed by atoms with Crippen molar-refractivity contribution >= 4 is 21.6 Å². The van der Waals surface area contributed by atoms with E-state index in [0.717, 1.165) is 17.1 Å². The molecule has 0 atom stereocenters. The zero-order valence-electron chi connectivity index (χ0n) is 13.2. The molecule has 3 nitrogen and oxygen atoms in total. The molecular formula is C18H15B3N3+3. The van der Waals surface area contributed by atoms with Crippen LogP contribution in [0.15, 0.2) is 91.0 Å². The SMILES string of the molecule is b1[n+](-c2ccccc2)b[n+](-c2ccccc2)b[n+]1-c1ccccc1. The maximum atomic E-state index is 2.12. The molecule has 6 heteroatoms. The fraction of sp³-hybridized carbons (Fsp3) is 0. The molecular weight excluding hydrogens is 291 g/mol. The monoisotopic (exact) mass is 306 g/mol. The van der Waals surface area contributed by atoms with Crippen LogP contribution in [-0.2, 0) is 0 Å². The van der Waals surface area contributed by atoms with Gasteiger partial charge in [-0.05, 0) is 0 Å². The van der Waals surface area contributed by atoms with Crippen LogP contribution in [0.25, 0.3) is 17.1 Å². The van der Waals surface area contributed by atoms with Crippen molar-refractivity contribution in [2.75, 3.05) is 0 Å². The first kappa shape index (κ1) is 14.8. The van der Waals surface area contributed by atoms with Gasteiger partial charge < -0.3 is 0 Å². The number of benzene rings is 3. The van der Waals surface area contributed by atoms with E-state index < -0.39 is 0 Å². The molecule has 0 N–H and O–H groups in total. The number of hydrogen-bond acceptors (Lipinski definition) is 0. The molecule has 0 aliphatic heterocycles. The van der Waals surface area contributed by atoms with Gasteiger partial charge in [-0.25, -0.2) is 0 Å². The number of rotatable bonds is 3. The van der Waals surface area contributed by atoms with Crippen molar-refractivity contribution in [1.29, 1.82) is 0 Å². The topological polar surface area (TPSA) is 11.6 Å². The Hall–Kier alpha value is -2.75. The van der Waals surface area contributed by atoms with Gasteiger partial charge in [0.05, 0.1) is 0 Å². The summed E-state index contributed by atoms with van der Waals surface area (Å²) in [5.41, 5.74) is 3.35. The molecule has 0 saturated carbocycles. The third kappa shape index (κ3) is 3.13. The van der Waals surface area contributed by atoms with Crippen molar-refractivity contribution < 1.29 is 13.1 Å². The van der Waals surface area contributed by atoms with E-state index >= 15 is 0 Å². The number of aromatic nitrogens is 3. The summed E-state index contributed by atoms with van der Waals surface area (Å²) < 4.78 is 6.38. The third-order valence-electron chi connectivity index (χ3n) is 3.91. The zero-order chi connectivity index (χ0) is 16.2. The van der Waals surface area contributed by atoms with Crippen LogP contribution in [0.4, 0.5) is 0 Å². The van der Waals surface area contributed by atoms with Crippen molar-refractivity contribution in [2.24, 2.45) is 0 Å². The van der Waals surface area contributed by atoms with Crippen molar-refractivity contribution in [3.05, 3.63) is 91.0 Å². The molecule has 0 radical (unpaired) electrons. The quantitative estimate of drug-likeness (QED) is 0.523. The van der Waals surface area contributed by atoms with Crippen molar-refractivity contribution in [3.8, 4) is 17.1 Å². The molecule has 0 aliphatic carbocycles. The predicted octanol–water partition coefficient (Wildman–Crippen LogP) is 0.531. The molecule has 0 aliphatic rings. The molecule has 0 bridgehead atoms. The molecule has 0 spiro atoms. The number of para-hydroxylation sites is 3. The van der Waals surface area contributed by atoms with E-state index in [4.69, 9.17) is 0 Å². The minimum absolute atomic E-state index is 1.12. The first-order valence-electron chi connectivity index (χ1n) is 7.95. The van der Waals surface area contributed by atoms with Gasteiger partial charge in [0, 0.05) is 0 Å². The molecule has 0 fully saturated rings. The average molecular weight is 306 g/mol. The summed E-state index contributed by atoms with van der Waals surface area (Å²) in [6, 6.07) is 31.0. The molecule has 4 rings (SSSR count). The number of nitrogens with zero attached hydrogens (tertiary/aromatic N) is 3. The van der Waals surface area contributed by atoms with E-state index in [1.165, 1.54) is 0 Å². The second-order valence-electron chi connectivity index (χ2n) is 5.57. The summed E-state index contributed by atoms with van der Waals surface area (Å²) in [6.45, 7) is 0. The van der Waals surface area contributed by atoms with Gasteiger partial charge >= 0.3 is 143 Å². The van der Waals surface area contributed by atoms with Crippen LogP contribution < -0.4 is 13.1 Å². The molecule has 0 saturated heterocycles. The van der Waals surface area contributed by atoms with Crippen molar-refractivity contribution in [2.45, 2.75) is 0 Å². The molecule has 108 valence electrons. The summed E-state index contributed by atoms with van der Waals surface area (Å²) in [6.07, 6.45) is 0. The van der Waals surface area contributed by atoms with E-state index in [9.17, 15) is 0 Å². The van der Waals surface area contributed by atoms with Crippen molar-refractivity contribution in [1.82, 2.24) is 0 Å². The molecule has 24 heavy (non-hydrogen) atoms. The Morgan fingerprint density at radius 3 is 0.875 bits per heavy atom. The average Bonchev–Trinajstić information content (AvgIpc) is 2.70. The van der Waals surface area contributed by atoms with Crippen LogP contribution in [-0.4, -0.2) is 21.6 Å². The second-order valence-corrected chi connectivity index (χ2v) is 5.57. The molecule has 1 heterocycles. The Labute approximate surface area is 143 Å². The molecule has 4 aromatic rings.